The Kier molecular flexibility index (Phi) is 6.63. The first-order valence-corrected chi connectivity index (χ1v) is 7.46. The second-order valence-corrected chi connectivity index (χ2v) is 5.95. The number of carboxylic acids is 2. The predicted octanol–water partition coefficient (Wildman–Crippen LogP) is -0.545. The van der Waals surface area contributed by atoms with Gasteiger partial charge in [0.1, 0.15) is 11.6 Å². The zero-order chi connectivity index (χ0) is 16.0. The minimum atomic E-state index is -1.18. The Morgan fingerprint density at radius 2 is 2.24 bits per heavy atom. The minimum Gasteiger partial charge on any atom is -0.481 e. The lowest BCUT2D eigenvalue weighted by molar-refractivity contribution is -0.146. The fraction of sp³-hybridized carbons (Fsp3) is 0.667. The number of hydrogen-bond donors (Lipinski definition) is 4. The van der Waals surface area contributed by atoms with E-state index in [1.165, 1.54) is 25.0 Å². The van der Waals surface area contributed by atoms with E-state index in [2.05, 4.69) is 9.98 Å². The van der Waals surface area contributed by atoms with Crippen LogP contribution in [0, 0.1) is 5.92 Å². The Morgan fingerprint density at radius 1 is 1.57 bits per heavy atom. The molecule has 0 radical (unpaired) electrons. The fourth-order valence-electron chi connectivity index (χ4n) is 2.23. The van der Waals surface area contributed by atoms with Crippen molar-refractivity contribution < 1.29 is 24.9 Å². The lowest BCUT2D eigenvalue weighted by Crippen LogP contribution is -2.35. The molecule has 1 aliphatic rings. The molecule has 1 aliphatic heterocycles. The molecule has 9 heteroatoms. The smallest absolute Gasteiger partial charge is 0.350 e. The van der Waals surface area contributed by atoms with Gasteiger partial charge in [-0.15, -0.1) is 11.8 Å². The van der Waals surface area contributed by atoms with Crippen molar-refractivity contribution >= 4 is 35.8 Å². The number of aliphatic hydroxyl groups excluding tert-OH is 1. The Labute approximate surface area is 126 Å². The number of aliphatic imine (C=N–C) groups is 2. The normalized spacial score (nSPS) is 24.8. The standard InChI is InChI=1S/C12H19N3O5S/c1-6(16)9(11(17)18)7-4-8(10(15-7)12(19)20)21-3-2-14-5-13/h5-9,16H,2-4H2,1H3,(H2,13,14)(H,17,18)(H,19,20)/t6-,7-,8?,9-/m1/s1. The highest BCUT2D eigenvalue weighted by Crippen LogP contribution is 2.31. The van der Waals surface area contributed by atoms with Crippen molar-refractivity contribution in [3.8, 4) is 0 Å². The molecule has 0 aromatic rings. The Morgan fingerprint density at radius 3 is 2.71 bits per heavy atom. The largest absolute Gasteiger partial charge is 0.481 e. The summed E-state index contributed by atoms with van der Waals surface area (Å²) in [6.07, 6.45) is 0.357. The van der Waals surface area contributed by atoms with Crippen LogP contribution in [0.5, 0.6) is 0 Å². The molecule has 1 unspecified atom stereocenters. The molecule has 0 saturated heterocycles. The SMILES string of the molecule is C[C@@H](O)[C@@H](C(=O)O)[C@H]1CC(SCCN=CN)C(C(=O)O)=N1. The fourth-order valence-corrected chi connectivity index (χ4v) is 3.38. The molecule has 0 aliphatic carbocycles. The van der Waals surface area contributed by atoms with Crippen molar-refractivity contribution in [3.05, 3.63) is 0 Å². The molecule has 1 heterocycles. The van der Waals surface area contributed by atoms with E-state index in [-0.39, 0.29) is 12.1 Å². The van der Waals surface area contributed by atoms with E-state index >= 15 is 0 Å². The first-order chi connectivity index (χ1) is 9.88. The third-order valence-electron chi connectivity index (χ3n) is 3.15. The predicted molar refractivity (Wildman–Crippen MR) is 80.1 cm³/mol. The summed E-state index contributed by atoms with van der Waals surface area (Å²) in [7, 11) is 0. The molecule has 1 rings (SSSR count). The summed E-state index contributed by atoms with van der Waals surface area (Å²) in [5.74, 6) is -2.88. The molecule has 5 N–H and O–H groups in total. The maximum Gasteiger partial charge on any atom is 0.350 e. The van der Waals surface area contributed by atoms with Gasteiger partial charge in [-0.2, -0.15) is 0 Å². The van der Waals surface area contributed by atoms with Crippen molar-refractivity contribution in [1.82, 2.24) is 0 Å². The summed E-state index contributed by atoms with van der Waals surface area (Å²) in [5.41, 5.74) is 5.07. The molecule has 0 aromatic heterocycles. The second kappa shape index (κ2) is 7.99. The van der Waals surface area contributed by atoms with Gasteiger partial charge in [0.15, 0.2) is 0 Å². The number of rotatable bonds is 8. The van der Waals surface area contributed by atoms with Crippen LogP contribution in [0.4, 0.5) is 0 Å². The number of aliphatic hydroxyl groups is 1. The average Bonchev–Trinajstić information content (AvgIpc) is 2.77. The molecule has 118 valence electrons. The van der Waals surface area contributed by atoms with Gasteiger partial charge >= 0.3 is 11.9 Å². The van der Waals surface area contributed by atoms with Gasteiger partial charge < -0.3 is 21.1 Å². The number of carboxylic acid groups (broad SMARTS) is 2. The summed E-state index contributed by atoms with van der Waals surface area (Å²) in [4.78, 5) is 30.2. The second-order valence-electron chi connectivity index (χ2n) is 4.64. The molecule has 0 amide bonds. The van der Waals surface area contributed by atoms with E-state index in [1.54, 1.807) is 0 Å². The number of nitrogens with zero attached hydrogens (tertiary/aromatic N) is 2. The summed E-state index contributed by atoms with van der Waals surface area (Å²) >= 11 is 1.35. The third-order valence-corrected chi connectivity index (χ3v) is 4.39. The van der Waals surface area contributed by atoms with Gasteiger partial charge in [-0.25, -0.2) is 4.79 Å². The first kappa shape index (κ1) is 17.4. The zero-order valence-electron chi connectivity index (χ0n) is 11.5. The molecular formula is C12H19N3O5S. The third kappa shape index (κ3) is 4.71. The van der Waals surface area contributed by atoms with Crippen molar-refractivity contribution in [2.75, 3.05) is 12.3 Å². The van der Waals surface area contributed by atoms with Crippen LogP contribution in [-0.2, 0) is 9.59 Å². The number of carbonyl (C=O) groups is 2. The minimum absolute atomic E-state index is 0.0476. The van der Waals surface area contributed by atoms with Crippen molar-refractivity contribution in [3.63, 3.8) is 0 Å². The van der Waals surface area contributed by atoms with E-state index in [1.807, 2.05) is 0 Å². The Balaban J connectivity index is 2.79. The van der Waals surface area contributed by atoms with Crippen LogP contribution in [0.1, 0.15) is 13.3 Å². The highest BCUT2D eigenvalue weighted by Gasteiger charge is 2.41. The monoisotopic (exact) mass is 317 g/mol. The number of hydrogen-bond acceptors (Lipinski definition) is 6. The highest BCUT2D eigenvalue weighted by molar-refractivity contribution is 8.00. The highest BCUT2D eigenvalue weighted by atomic mass is 32.2. The topological polar surface area (TPSA) is 146 Å². The summed E-state index contributed by atoms with van der Waals surface area (Å²) < 4.78 is 0. The van der Waals surface area contributed by atoms with Crippen molar-refractivity contribution in [2.45, 2.75) is 30.7 Å². The maximum absolute atomic E-state index is 11.2. The molecule has 0 spiro atoms. The zero-order valence-corrected chi connectivity index (χ0v) is 12.4. The Bertz CT molecular complexity index is 452. The summed E-state index contributed by atoms with van der Waals surface area (Å²) in [6, 6.07) is -0.732. The van der Waals surface area contributed by atoms with Crippen LogP contribution >= 0.6 is 11.8 Å². The molecule has 8 nitrogen and oxygen atoms in total. The van der Waals surface area contributed by atoms with Crippen molar-refractivity contribution in [2.24, 2.45) is 21.6 Å². The Hall–Kier alpha value is -1.61. The molecule has 0 saturated carbocycles. The number of nitrogens with two attached hydrogens (primary N) is 1. The van der Waals surface area contributed by atoms with E-state index in [0.29, 0.717) is 12.3 Å². The van der Waals surface area contributed by atoms with Gasteiger partial charge in [-0.3, -0.25) is 14.8 Å². The number of aliphatic carboxylic acids is 2. The maximum atomic E-state index is 11.2. The first-order valence-electron chi connectivity index (χ1n) is 6.42. The van der Waals surface area contributed by atoms with Crippen LogP contribution < -0.4 is 5.73 Å². The molecule has 0 bridgehead atoms. The van der Waals surface area contributed by atoms with Gasteiger partial charge in [-0.05, 0) is 13.3 Å². The lowest BCUT2D eigenvalue weighted by Gasteiger charge is -2.20. The molecule has 4 atom stereocenters. The van der Waals surface area contributed by atoms with E-state index in [0.717, 1.165) is 0 Å². The van der Waals surface area contributed by atoms with Crippen LogP contribution in [0.15, 0.2) is 9.98 Å². The van der Waals surface area contributed by atoms with Crippen molar-refractivity contribution in [1.29, 1.82) is 0 Å². The number of thioether (sulfide) groups is 1. The lowest BCUT2D eigenvalue weighted by atomic mass is 9.93. The molecule has 0 fully saturated rings. The van der Waals surface area contributed by atoms with E-state index in [9.17, 15) is 14.7 Å². The quantitative estimate of drug-likeness (QED) is 0.267. The van der Waals surface area contributed by atoms with Gasteiger partial charge in [-0.1, -0.05) is 0 Å². The van der Waals surface area contributed by atoms with E-state index in [4.69, 9.17) is 15.9 Å². The van der Waals surface area contributed by atoms with Crippen LogP contribution in [0.3, 0.4) is 0 Å². The molecule has 0 aromatic carbocycles. The van der Waals surface area contributed by atoms with Gasteiger partial charge in [0.05, 0.1) is 23.7 Å². The van der Waals surface area contributed by atoms with E-state index < -0.39 is 35.3 Å². The summed E-state index contributed by atoms with van der Waals surface area (Å²) in [5, 5.41) is 27.5. The molecular weight excluding hydrogens is 298 g/mol. The summed E-state index contributed by atoms with van der Waals surface area (Å²) in [6.45, 7) is 1.82. The average molecular weight is 317 g/mol. The van der Waals surface area contributed by atoms with Crippen LogP contribution in [0.25, 0.3) is 0 Å². The molecule has 21 heavy (non-hydrogen) atoms. The van der Waals surface area contributed by atoms with Gasteiger partial charge in [0.2, 0.25) is 0 Å². The van der Waals surface area contributed by atoms with Crippen LogP contribution in [-0.4, -0.2) is 69.0 Å². The van der Waals surface area contributed by atoms with Crippen LogP contribution in [0.2, 0.25) is 0 Å². The van der Waals surface area contributed by atoms with Gasteiger partial charge in [0.25, 0.3) is 0 Å². The van der Waals surface area contributed by atoms with Gasteiger partial charge in [0, 0.05) is 12.3 Å².